The number of nitrogens with zero attached hydrogens (tertiary/aromatic N) is 2. The van der Waals surface area contributed by atoms with E-state index in [-0.39, 0.29) is 12.2 Å². The lowest BCUT2D eigenvalue weighted by Crippen LogP contribution is -2.38. The van der Waals surface area contributed by atoms with Crippen molar-refractivity contribution >= 4 is 33.2 Å². The maximum atomic E-state index is 12.7. The molecule has 4 rings (SSSR count). The highest BCUT2D eigenvalue weighted by molar-refractivity contribution is 7.18. The Labute approximate surface area is 189 Å². The van der Waals surface area contributed by atoms with Crippen LogP contribution in [0.1, 0.15) is 22.7 Å². The van der Waals surface area contributed by atoms with Crippen LogP contribution in [0.25, 0.3) is 10.2 Å². The molecule has 0 bridgehead atoms. The van der Waals surface area contributed by atoms with E-state index in [1.807, 2.05) is 4.90 Å². The van der Waals surface area contributed by atoms with Gasteiger partial charge in [-0.15, -0.1) is 11.3 Å². The number of fused-ring (bicyclic) bond motifs is 3. The lowest BCUT2D eigenvalue weighted by atomic mass is 10.2. The number of thiophene rings is 1. The second-order valence-electron chi connectivity index (χ2n) is 7.70. The van der Waals surface area contributed by atoms with Gasteiger partial charge in [-0.05, 0) is 49.1 Å². The van der Waals surface area contributed by atoms with Crippen molar-refractivity contribution in [2.45, 2.75) is 31.9 Å². The second kappa shape index (κ2) is 10.1. The van der Waals surface area contributed by atoms with Crippen molar-refractivity contribution in [3.63, 3.8) is 0 Å². The summed E-state index contributed by atoms with van der Waals surface area (Å²) in [6.45, 7) is 2.02. The molecular formula is C22H26ClN3O4S. The summed E-state index contributed by atoms with van der Waals surface area (Å²) in [5, 5.41) is 11.9. The largest absolute Gasteiger partial charge is 0.491 e. The van der Waals surface area contributed by atoms with Gasteiger partial charge in [-0.25, -0.2) is 4.98 Å². The van der Waals surface area contributed by atoms with E-state index in [0.717, 1.165) is 29.5 Å². The van der Waals surface area contributed by atoms with Crippen LogP contribution >= 0.6 is 22.9 Å². The van der Waals surface area contributed by atoms with Crippen LogP contribution < -0.4 is 10.3 Å². The topological polar surface area (TPSA) is 87.7 Å². The maximum Gasteiger partial charge on any atom is 0.259 e. The minimum absolute atomic E-state index is 0.0716. The summed E-state index contributed by atoms with van der Waals surface area (Å²) in [7, 11) is 1.64. The molecule has 7 nitrogen and oxygen atoms in total. The van der Waals surface area contributed by atoms with Crippen LogP contribution in [0.4, 0.5) is 0 Å². The molecule has 0 amide bonds. The Morgan fingerprint density at radius 2 is 2.13 bits per heavy atom. The first kappa shape index (κ1) is 22.2. The van der Waals surface area contributed by atoms with Crippen molar-refractivity contribution < 1.29 is 14.6 Å². The number of aromatic amines is 1. The van der Waals surface area contributed by atoms with Crippen LogP contribution in [0, 0.1) is 0 Å². The molecule has 1 aliphatic carbocycles. The van der Waals surface area contributed by atoms with Crippen LogP contribution in [0.15, 0.2) is 29.1 Å². The standard InChI is InChI=1S/C22H26ClN3O4S/c1-29-10-9-26(11-15(27)13-30-16-7-5-14(23)6-8-16)12-19-24-21(28)20-17-3-2-4-18(17)31-22(20)25-19/h5-8,15,27H,2-4,9-13H2,1H3,(H,24,25,28)/t15-/m0/s1. The minimum atomic E-state index is -0.714. The number of ether oxygens (including phenoxy) is 2. The molecule has 1 aromatic carbocycles. The van der Waals surface area contributed by atoms with E-state index >= 15 is 0 Å². The van der Waals surface area contributed by atoms with Crippen LogP contribution in [0.3, 0.4) is 0 Å². The maximum absolute atomic E-state index is 12.7. The van der Waals surface area contributed by atoms with Gasteiger partial charge in [-0.1, -0.05) is 11.6 Å². The van der Waals surface area contributed by atoms with E-state index in [1.165, 1.54) is 10.4 Å². The lowest BCUT2D eigenvalue weighted by Gasteiger charge is -2.24. The van der Waals surface area contributed by atoms with Gasteiger partial charge >= 0.3 is 0 Å². The third-order valence-electron chi connectivity index (χ3n) is 5.33. The highest BCUT2D eigenvalue weighted by atomic mass is 35.5. The van der Waals surface area contributed by atoms with E-state index in [0.29, 0.717) is 42.8 Å². The molecule has 0 unspecified atom stereocenters. The van der Waals surface area contributed by atoms with Gasteiger partial charge < -0.3 is 19.6 Å². The number of hydrogen-bond acceptors (Lipinski definition) is 7. The number of aliphatic hydroxyl groups is 1. The van der Waals surface area contributed by atoms with Gasteiger partial charge in [-0.3, -0.25) is 9.69 Å². The van der Waals surface area contributed by atoms with E-state index < -0.39 is 6.10 Å². The summed E-state index contributed by atoms with van der Waals surface area (Å²) in [5.74, 6) is 1.24. The van der Waals surface area contributed by atoms with Gasteiger partial charge in [0.2, 0.25) is 0 Å². The number of aryl methyl sites for hydroxylation is 2. The summed E-state index contributed by atoms with van der Waals surface area (Å²) in [6.07, 6.45) is 2.39. The smallest absolute Gasteiger partial charge is 0.259 e. The Hall–Kier alpha value is -1.97. The first-order valence-corrected chi connectivity index (χ1v) is 11.5. The zero-order valence-electron chi connectivity index (χ0n) is 17.4. The molecule has 9 heteroatoms. The molecule has 0 fully saturated rings. The van der Waals surface area contributed by atoms with Gasteiger partial charge in [0.05, 0.1) is 18.5 Å². The predicted octanol–water partition coefficient (Wildman–Crippen LogP) is 3.02. The first-order chi connectivity index (χ1) is 15.0. The number of rotatable bonds is 10. The Morgan fingerprint density at radius 1 is 1.32 bits per heavy atom. The number of aromatic nitrogens is 2. The number of hydrogen-bond donors (Lipinski definition) is 2. The fraction of sp³-hybridized carbons (Fsp3) is 0.455. The van der Waals surface area contributed by atoms with Gasteiger partial charge in [0.25, 0.3) is 5.56 Å². The molecule has 31 heavy (non-hydrogen) atoms. The molecule has 3 aromatic rings. The fourth-order valence-corrected chi connectivity index (χ4v) is 5.27. The molecule has 166 valence electrons. The van der Waals surface area contributed by atoms with Crippen LogP contribution in [0.5, 0.6) is 5.75 Å². The molecule has 0 aliphatic heterocycles. The highest BCUT2D eigenvalue weighted by Gasteiger charge is 2.22. The molecule has 1 aliphatic rings. The molecule has 1 atom stereocenters. The molecular weight excluding hydrogens is 438 g/mol. The third-order valence-corrected chi connectivity index (χ3v) is 6.77. The molecule has 2 heterocycles. The van der Waals surface area contributed by atoms with E-state index in [1.54, 1.807) is 42.7 Å². The molecule has 2 N–H and O–H groups in total. The number of methoxy groups -OCH3 is 1. The van der Waals surface area contributed by atoms with Crippen molar-refractivity contribution in [3.8, 4) is 5.75 Å². The first-order valence-electron chi connectivity index (χ1n) is 10.3. The van der Waals surface area contributed by atoms with E-state index in [2.05, 4.69) is 4.98 Å². The minimum Gasteiger partial charge on any atom is -0.491 e. The summed E-state index contributed by atoms with van der Waals surface area (Å²) in [6, 6.07) is 7.01. The van der Waals surface area contributed by atoms with Crippen molar-refractivity contribution in [2.24, 2.45) is 0 Å². The molecule has 0 saturated heterocycles. The van der Waals surface area contributed by atoms with E-state index in [4.69, 9.17) is 26.1 Å². The zero-order valence-corrected chi connectivity index (χ0v) is 19.0. The Morgan fingerprint density at radius 3 is 2.90 bits per heavy atom. The van der Waals surface area contributed by atoms with Crippen molar-refractivity contribution in [2.75, 3.05) is 33.4 Å². The highest BCUT2D eigenvalue weighted by Crippen LogP contribution is 2.34. The molecule has 0 spiro atoms. The average Bonchev–Trinajstić information content (AvgIpc) is 3.32. The number of aliphatic hydroxyl groups excluding tert-OH is 1. The van der Waals surface area contributed by atoms with Gasteiger partial charge in [0.1, 0.15) is 29.1 Å². The van der Waals surface area contributed by atoms with Crippen LogP contribution in [-0.2, 0) is 24.1 Å². The number of benzene rings is 1. The van der Waals surface area contributed by atoms with Gasteiger partial charge in [-0.2, -0.15) is 0 Å². The number of nitrogens with one attached hydrogen (secondary N) is 1. The lowest BCUT2D eigenvalue weighted by molar-refractivity contribution is 0.0533. The van der Waals surface area contributed by atoms with Gasteiger partial charge in [0, 0.05) is 30.1 Å². The number of halogens is 1. The van der Waals surface area contributed by atoms with Crippen LogP contribution in [-0.4, -0.2) is 59.5 Å². The Balaban J connectivity index is 1.42. The van der Waals surface area contributed by atoms with Crippen molar-refractivity contribution in [3.05, 3.63) is 55.9 Å². The van der Waals surface area contributed by atoms with Crippen molar-refractivity contribution in [1.29, 1.82) is 0 Å². The average molecular weight is 464 g/mol. The molecule has 2 aromatic heterocycles. The SMILES string of the molecule is COCCN(Cc1nc2sc3c(c2c(=O)[nH]1)CCC3)C[C@H](O)COc1ccc(Cl)cc1. The summed E-state index contributed by atoms with van der Waals surface area (Å²) in [5.41, 5.74) is 1.10. The Bertz CT molecular complexity index is 1080. The fourth-order valence-electron chi connectivity index (χ4n) is 3.86. The molecule has 0 radical (unpaired) electrons. The zero-order chi connectivity index (χ0) is 21.8. The number of H-pyrrole nitrogens is 1. The predicted molar refractivity (Wildman–Crippen MR) is 122 cm³/mol. The normalized spacial score (nSPS) is 14.3. The van der Waals surface area contributed by atoms with Crippen LogP contribution in [0.2, 0.25) is 5.02 Å². The van der Waals surface area contributed by atoms with Crippen molar-refractivity contribution in [1.82, 2.24) is 14.9 Å². The van der Waals surface area contributed by atoms with E-state index in [9.17, 15) is 9.90 Å². The monoisotopic (exact) mass is 463 g/mol. The quantitative estimate of drug-likeness (QED) is 0.480. The molecule has 0 saturated carbocycles. The summed E-state index contributed by atoms with van der Waals surface area (Å²) in [4.78, 5) is 24.5. The van der Waals surface area contributed by atoms with Gasteiger partial charge in [0.15, 0.2) is 0 Å². The summed E-state index contributed by atoms with van der Waals surface area (Å²) < 4.78 is 10.9. The second-order valence-corrected chi connectivity index (χ2v) is 9.22. The summed E-state index contributed by atoms with van der Waals surface area (Å²) >= 11 is 7.51. The third kappa shape index (κ3) is 5.45. The Kier molecular flexibility index (Phi) is 7.24.